The van der Waals surface area contributed by atoms with E-state index in [-0.39, 0.29) is 22.7 Å². The fourth-order valence-electron chi connectivity index (χ4n) is 5.03. The van der Waals surface area contributed by atoms with Crippen molar-refractivity contribution in [1.82, 2.24) is 0 Å². The summed E-state index contributed by atoms with van der Waals surface area (Å²) in [6.07, 6.45) is 6.20. The molecule has 6 heteroatoms. The first-order valence-electron chi connectivity index (χ1n) is 11.4. The van der Waals surface area contributed by atoms with Crippen LogP contribution in [0.1, 0.15) is 68.0 Å². The van der Waals surface area contributed by atoms with Crippen molar-refractivity contribution in [1.29, 1.82) is 0 Å². The normalized spacial score (nSPS) is 26.4. The van der Waals surface area contributed by atoms with E-state index >= 15 is 0 Å². The highest BCUT2D eigenvalue weighted by atomic mass is 32.1. The predicted octanol–water partition coefficient (Wildman–Crippen LogP) is 5.58. The summed E-state index contributed by atoms with van der Waals surface area (Å²) in [5, 5.41) is 20.3. The number of hydrogen-bond donors (Lipinski definition) is 2. The van der Waals surface area contributed by atoms with Gasteiger partial charge in [0.2, 0.25) is 5.91 Å². The Bertz CT molecular complexity index is 917. The molecule has 2 aliphatic rings. The number of aromatic carboxylic acids is 1. The fraction of sp³-hybridized carbons (Fsp3) is 0.520. The van der Waals surface area contributed by atoms with E-state index in [1.807, 2.05) is 36.4 Å². The molecule has 166 valence electrons. The number of rotatable bonds is 5. The van der Waals surface area contributed by atoms with E-state index < -0.39 is 12.1 Å². The zero-order chi connectivity index (χ0) is 22.0. The van der Waals surface area contributed by atoms with E-state index in [1.54, 1.807) is 4.90 Å². The van der Waals surface area contributed by atoms with Crippen molar-refractivity contribution in [3.63, 3.8) is 0 Å². The van der Waals surface area contributed by atoms with E-state index in [9.17, 15) is 19.8 Å². The van der Waals surface area contributed by atoms with Crippen molar-refractivity contribution in [3.8, 4) is 10.4 Å². The summed E-state index contributed by atoms with van der Waals surface area (Å²) < 4.78 is 0. The molecule has 0 saturated heterocycles. The first kappa shape index (κ1) is 22.0. The number of carbonyl (C=O) groups excluding carboxylic acids is 1. The Kier molecular flexibility index (Phi) is 6.77. The van der Waals surface area contributed by atoms with Crippen molar-refractivity contribution in [2.24, 2.45) is 11.8 Å². The van der Waals surface area contributed by atoms with Crippen LogP contribution in [0.2, 0.25) is 0 Å². The van der Waals surface area contributed by atoms with Crippen molar-refractivity contribution < 1.29 is 19.8 Å². The van der Waals surface area contributed by atoms with Gasteiger partial charge in [0.1, 0.15) is 4.88 Å². The minimum absolute atomic E-state index is 0.0333. The van der Waals surface area contributed by atoms with Gasteiger partial charge in [-0.15, -0.1) is 11.3 Å². The van der Waals surface area contributed by atoms with Gasteiger partial charge in [0.05, 0.1) is 11.8 Å². The van der Waals surface area contributed by atoms with E-state index in [0.29, 0.717) is 18.0 Å². The lowest BCUT2D eigenvalue weighted by atomic mass is 9.81. The van der Waals surface area contributed by atoms with Crippen LogP contribution in [-0.2, 0) is 4.79 Å². The SMILES string of the molecule is CC1CCC(C(=O)N(c2cc(-c3ccccc3)sc2C(=O)O)C2CCC[C@H](O)C2)CC1. The molecule has 5 nitrogen and oxygen atoms in total. The van der Waals surface area contributed by atoms with Gasteiger partial charge in [0.25, 0.3) is 0 Å². The summed E-state index contributed by atoms with van der Waals surface area (Å²) in [6, 6.07) is 11.4. The monoisotopic (exact) mass is 441 g/mol. The molecular weight excluding hydrogens is 410 g/mol. The molecule has 0 aliphatic heterocycles. The van der Waals surface area contributed by atoms with Crippen LogP contribution in [0, 0.1) is 11.8 Å². The highest BCUT2D eigenvalue weighted by molar-refractivity contribution is 7.18. The Balaban J connectivity index is 1.74. The molecule has 1 unspecified atom stereocenters. The average molecular weight is 442 g/mol. The van der Waals surface area contributed by atoms with Crippen molar-refractivity contribution in [2.75, 3.05) is 4.90 Å². The zero-order valence-corrected chi connectivity index (χ0v) is 18.8. The molecule has 2 atom stereocenters. The van der Waals surface area contributed by atoms with E-state index in [2.05, 4.69) is 6.92 Å². The minimum Gasteiger partial charge on any atom is -0.477 e. The zero-order valence-electron chi connectivity index (χ0n) is 18.0. The Morgan fingerprint density at radius 1 is 1.03 bits per heavy atom. The minimum atomic E-state index is -1.01. The van der Waals surface area contributed by atoms with Crippen molar-refractivity contribution in [3.05, 3.63) is 41.3 Å². The van der Waals surface area contributed by atoms with Crippen molar-refractivity contribution >= 4 is 28.9 Å². The van der Waals surface area contributed by atoms with Gasteiger partial charge in [-0.05, 0) is 68.9 Å². The molecular formula is C25H31NO4S. The quantitative estimate of drug-likeness (QED) is 0.635. The van der Waals surface area contributed by atoms with E-state index in [0.717, 1.165) is 55.4 Å². The molecule has 0 spiro atoms. The molecule has 4 rings (SSSR count). The first-order chi connectivity index (χ1) is 14.9. The van der Waals surface area contributed by atoms with Gasteiger partial charge < -0.3 is 15.1 Å². The number of carboxylic acids is 1. The third-order valence-electron chi connectivity index (χ3n) is 6.81. The van der Waals surface area contributed by atoms with Gasteiger partial charge in [-0.25, -0.2) is 4.79 Å². The number of aliphatic hydroxyl groups excluding tert-OH is 1. The van der Waals surface area contributed by atoms with Gasteiger partial charge in [-0.1, -0.05) is 37.3 Å². The number of hydrogen-bond acceptors (Lipinski definition) is 4. The second-order valence-corrected chi connectivity index (χ2v) is 10.2. The number of thiophene rings is 1. The number of amides is 1. The first-order valence-corrected chi connectivity index (χ1v) is 12.2. The smallest absolute Gasteiger partial charge is 0.348 e. The van der Waals surface area contributed by atoms with E-state index in [4.69, 9.17) is 0 Å². The third-order valence-corrected chi connectivity index (χ3v) is 7.97. The largest absolute Gasteiger partial charge is 0.477 e. The average Bonchev–Trinajstić information content (AvgIpc) is 3.20. The van der Waals surface area contributed by atoms with Crippen LogP contribution in [0.3, 0.4) is 0 Å². The molecule has 1 heterocycles. The molecule has 31 heavy (non-hydrogen) atoms. The van der Waals surface area contributed by atoms with Gasteiger partial charge >= 0.3 is 5.97 Å². The van der Waals surface area contributed by atoms with Gasteiger partial charge in [-0.3, -0.25) is 4.79 Å². The highest BCUT2D eigenvalue weighted by Crippen LogP contribution is 2.41. The summed E-state index contributed by atoms with van der Waals surface area (Å²) in [5.74, 6) is -0.411. The van der Waals surface area contributed by atoms with Gasteiger partial charge in [0, 0.05) is 16.8 Å². The van der Waals surface area contributed by atoms with Crippen LogP contribution in [0.5, 0.6) is 0 Å². The maximum Gasteiger partial charge on any atom is 0.348 e. The summed E-state index contributed by atoms with van der Waals surface area (Å²) >= 11 is 1.22. The maximum atomic E-state index is 13.8. The molecule has 0 radical (unpaired) electrons. The lowest BCUT2D eigenvalue weighted by Gasteiger charge is -2.39. The molecule has 1 aromatic carbocycles. The van der Waals surface area contributed by atoms with Crippen LogP contribution >= 0.6 is 11.3 Å². The summed E-state index contributed by atoms with van der Waals surface area (Å²) in [4.78, 5) is 28.8. The highest BCUT2D eigenvalue weighted by Gasteiger charge is 2.37. The summed E-state index contributed by atoms with van der Waals surface area (Å²) in [6.45, 7) is 2.23. The Labute approximate surface area is 187 Å². The Morgan fingerprint density at radius 3 is 2.39 bits per heavy atom. The maximum absolute atomic E-state index is 13.8. The summed E-state index contributed by atoms with van der Waals surface area (Å²) in [7, 11) is 0. The molecule has 1 aromatic heterocycles. The van der Waals surface area contributed by atoms with Gasteiger partial charge in [0.15, 0.2) is 0 Å². The van der Waals surface area contributed by atoms with Crippen LogP contribution in [0.4, 0.5) is 5.69 Å². The predicted molar refractivity (Wildman–Crippen MR) is 124 cm³/mol. The molecule has 1 amide bonds. The number of aliphatic hydroxyl groups is 1. The molecule has 0 bridgehead atoms. The van der Waals surface area contributed by atoms with Crippen LogP contribution in [-0.4, -0.2) is 34.2 Å². The number of carbonyl (C=O) groups is 2. The second-order valence-electron chi connectivity index (χ2n) is 9.14. The molecule has 2 aromatic rings. The fourth-order valence-corrected chi connectivity index (χ4v) is 6.02. The summed E-state index contributed by atoms with van der Waals surface area (Å²) in [5.41, 5.74) is 1.45. The number of anilines is 1. The topological polar surface area (TPSA) is 77.8 Å². The molecule has 2 aliphatic carbocycles. The Morgan fingerprint density at radius 2 is 1.74 bits per heavy atom. The van der Waals surface area contributed by atoms with Crippen LogP contribution < -0.4 is 4.90 Å². The molecule has 2 N–H and O–H groups in total. The molecule has 2 saturated carbocycles. The second kappa shape index (κ2) is 9.53. The number of nitrogens with zero attached hydrogens (tertiary/aromatic N) is 1. The van der Waals surface area contributed by atoms with E-state index in [1.165, 1.54) is 11.3 Å². The van der Waals surface area contributed by atoms with Crippen LogP contribution in [0.15, 0.2) is 36.4 Å². The molecule has 2 fully saturated rings. The Hall–Kier alpha value is -2.18. The van der Waals surface area contributed by atoms with Gasteiger partial charge in [-0.2, -0.15) is 0 Å². The lowest BCUT2D eigenvalue weighted by molar-refractivity contribution is -0.124. The number of carboxylic acid groups (broad SMARTS) is 1. The third kappa shape index (κ3) is 4.85. The van der Waals surface area contributed by atoms with Crippen molar-refractivity contribution in [2.45, 2.75) is 70.4 Å². The lowest BCUT2D eigenvalue weighted by Crippen LogP contribution is -2.47. The number of benzene rings is 1. The standard InChI is InChI=1S/C25H31NO4S/c1-16-10-12-18(13-11-16)24(28)26(19-8-5-9-20(27)14-19)21-15-22(31-23(21)25(29)30)17-6-3-2-4-7-17/h2-4,6-7,15-16,18-20,27H,5,8-14H2,1H3,(H,29,30)/t16?,18?,19?,20-/m0/s1. The van der Waals surface area contributed by atoms with Crippen LogP contribution in [0.25, 0.3) is 10.4 Å².